The predicted octanol–water partition coefficient (Wildman–Crippen LogP) is 3.46. The van der Waals surface area contributed by atoms with Gasteiger partial charge in [0.25, 0.3) is 0 Å². The minimum Gasteiger partial charge on any atom is -0.504 e. The van der Waals surface area contributed by atoms with E-state index in [1.54, 1.807) is 11.0 Å². The number of phenols is 1. The summed E-state index contributed by atoms with van der Waals surface area (Å²) >= 11 is 0. The highest BCUT2D eigenvalue weighted by molar-refractivity contribution is 6.10. The quantitative estimate of drug-likeness (QED) is 0.689. The number of aromatic hydroxyl groups is 1. The molecule has 2 fully saturated rings. The Morgan fingerprint density at radius 3 is 2.89 bits per heavy atom. The molecule has 4 atom stereocenters. The first-order valence-corrected chi connectivity index (χ1v) is 12.4. The molecule has 2 N–H and O–H groups in total. The lowest BCUT2D eigenvalue weighted by Crippen LogP contribution is -2.60. The van der Waals surface area contributed by atoms with Gasteiger partial charge in [0.2, 0.25) is 11.8 Å². The summed E-state index contributed by atoms with van der Waals surface area (Å²) in [6, 6.07) is 13.0. The van der Waals surface area contributed by atoms with Crippen LogP contribution in [0.1, 0.15) is 44.8 Å². The number of amides is 2. The van der Waals surface area contributed by atoms with Crippen molar-refractivity contribution in [3.8, 4) is 11.5 Å². The summed E-state index contributed by atoms with van der Waals surface area (Å²) in [5.41, 5.74) is 1.78. The van der Waals surface area contributed by atoms with E-state index in [4.69, 9.17) is 9.47 Å². The van der Waals surface area contributed by atoms with E-state index >= 15 is 0 Å². The van der Waals surface area contributed by atoms with Crippen LogP contribution in [0.25, 0.3) is 0 Å². The zero-order valence-corrected chi connectivity index (χ0v) is 20.1. The number of hydrogen-bond donors (Lipinski definition) is 2. The van der Waals surface area contributed by atoms with Crippen LogP contribution >= 0.6 is 0 Å². The molecule has 2 aromatic carbocycles. The minimum absolute atomic E-state index is 0.00107. The van der Waals surface area contributed by atoms with Gasteiger partial charge < -0.3 is 19.9 Å². The Labute approximate surface area is 204 Å². The number of rotatable bonds is 2. The Bertz CT molecular complexity index is 1180. The molecule has 4 aliphatic heterocycles. The van der Waals surface area contributed by atoms with Gasteiger partial charge >= 0.3 is 0 Å². The number of benzene rings is 2. The van der Waals surface area contributed by atoms with E-state index in [0.29, 0.717) is 11.4 Å². The third-order valence-corrected chi connectivity index (χ3v) is 8.01. The Morgan fingerprint density at radius 1 is 1.20 bits per heavy atom. The summed E-state index contributed by atoms with van der Waals surface area (Å²) < 4.78 is 13.0. The largest absolute Gasteiger partial charge is 0.504 e. The lowest BCUT2D eigenvalue weighted by atomic mass is 9.72. The fraction of sp³-hybridized carbons (Fsp3) is 0.481. The highest BCUT2D eigenvalue weighted by atomic mass is 16.5. The summed E-state index contributed by atoms with van der Waals surface area (Å²) in [7, 11) is 0. The number of likely N-dealkylation sites (tertiary alicyclic amines) is 1. The molecule has 184 valence electrons. The molecule has 2 aromatic rings. The summed E-state index contributed by atoms with van der Waals surface area (Å²) in [6.07, 6.45) is 2.55. The van der Waals surface area contributed by atoms with Gasteiger partial charge in [-0.15, -0.1) is 0 Å². The Balaban J connectivity index is 1.25. The van der Waals surface area contributed by atoms with Crippen molar-refractivity contribution in [2.24, 2.45) is 5.92 Å². The van der Waals surface area contributed by atoms with E-state index in [9.17, 15) is 14.7 Å². The highest BCUT2D eigenvalue weighted by Crippen LogP contribution is 2.54. The van der Waals surface area contributed by atoms with Crippen LogP contribution in [0, 0.1) is 5.92 Å². The zero-order chi connectivity index (χ0) is 24.3. The third-order valence-electron chi connectivity index (χ3n) is 8.01. The van der Waals surface area contributed by atoms with Crippen LogP contribution < -0.4 is 15.0 Å². The maximum Gasteiger partial charge on any atom is 0.244 e. The van der Waals surface area contributed by atoms with Gasteiger partial charge in [0.05, 0.1) is 30.1 Å². The van der Waals surface area contributed by atoms with E-state index in [-0.39, 0.29) is 54.8 Å². The smallest absolute Gasteiger partial charge is 0.244 e. The van der Waals surface area contributed by atoms with Gasteiger partial charge in [-0.1, -0.05) is 24.3 Å². The van der Waals surface area contributed by atoms with Crippen molar-refractivity contribution in [3.05, 3.63) is 48.0 Å². The molecular formula is C27H31N3O5. The van der Waals surface area contributed by atoms with Crippen LogP contribution in [0.2, 0.25) is 0 Å². The van der Waals surface area contributed by atoms with Gasteiger partial charge in [-0.05, 0) is 57.9 Å². The van der Waals surface area contributed by atoms with Crippen molar-refractivity contribution >= 4 is 23.2 Å². The highest BCUT2D eigenvalue weighted by Gasteiger charge is 2.52. The van der Waals surface area contributed by atoms with Gasteiger partial charge in [-0.25, -0.2) is 0 Å². The number of ether oxygens (including phenoxy) is 2. The fourth-order valence-electron chi connectivity index (χ4n) is 6.28. The van der Waals surface area contributed by atoms with Crippen LogP contribution in [0.4, 0.5) is 11.4 Å². The second kappa shape index (κ2) is 8.24. The number of carbonyl (C=O) groups excluding carboxylic acids is 2. The van der Waals surface area contributed by atoms with Gasteiger partial charge in [0, 0.05) is 17.5 Å². The number of phenolic OH excluding ortho intramolecular Hbond substituents is 1. The Morgan fingerprint density at radius 2 is 2.03 bits per heavy atom. The normalized spacial score (nSPS) is 29.1. The molecule has 6 rings (SSSR count). The van der Waals surface area contributed by atoms with Crippen molar-refractivity contribution in [2.45, 2.75) is 57.0 Å². The Hall–Kier alpha value is -3.10. The number of nitrogens with zero attached hydrogens (tertiary/aromatic N) is 2. The predicted molar refractivity (Wildman–Crippen MR) is 131 cm³/mol. The number of anilines is 2. The summed E-state index contributed by atoms with van der Waals surface area (Å²) in [5, 5.41) is 13.3. The first-order chi connectivity index (χ1) is 16.8. The molecule has 0 unspecified atom stereocenters. The summed E-state index contributed by atoms with van der Waals surface area (Å²) in [6.45, 7) is 5.17. The zero-order valence-electron chi connectivity index (χ0n) is 20.1. The molecule has 0 spiro atoms. The maximum atomic E-state index is 13.5. The number of piperidine rings is 1. The SMILES string of the molecule is CC1(C)Oc2c(O)cccc2[C@@H]2O[C@@H]3CCCN(CC(=O)N4CC(=O)Nc5ccccc54)[C@@H]3C[C@H]21. The number of fused-ring (bicyclic) bond motifs is 5. The molecule has 2 amide bonds. The first-order valence-electron chi connectivity index (χ1n) is 12.4. The van der Waals surface area contributed by atoms with Gasteiger partial charge in [-0.2, -0.15) is 0 Å². The molecule has 2 saturated heterocycles. The van der Waals surface area contributed by atoms with Gasteiger partial charge in [-0.3, -0.25) is 19.4 Å². The second-order valence-electron chi connectivity index (χ2n) is 10.6. The number of carbonyl (C=O) groups is 2. The number of nitrogens with one attached hydrogen (secondary N) is 1. The van der Waals surface area contributed by atoms with Crippen LogP contribution in [0.15, 0.2) is 42.5 Å². The van der Waals surface area contributed by atoms with Crippen molar-refractivity contribution < 1.29 is 24.2 Å². The van der Waals surface area contributed by atoms with Gasteiger partial charge in [0.1, 0.15) is 12.1 Å². The average Bonchev–Trinajstić information content (AvgIpc) is 2.83. The molecule has 4 aliphatic rings. The van der Waals surface area contributed by atoms with E-state index in [0.717, 1.165) is 37.1 Å². The van der Waals surface area contributed by atoms with E-state index in [2.05, 4.69) is 10.2 Å². The van der Waals surface area contributed by atoms with Gasteiger partial charge in [0.15, 0.2) is 11.5 Å². The third kappa shape index (κ3) is 3.76. The molecular weight excluding hydrogens is 446 g/mol. The molecule has 8 heteroatoms. The monoisotopic (exact) mass is 477 g/mol. The van der Waals surface area contributed by atoms with E-state index in [1.807, 2.05) is 50.2 Å². The molecule has 0 bridgehead atoms. The van der Waals surface area contributed by atoms with Crippen molar-refractivity contribution in [2.75, 3.05) is 29.9 Å². The summed E-state index contributed by atoms with van der Waals surface area (Å²) in [4.78, 5) is 29.5. The van der Waals surface area contributed by atoms with Crippen LogP contribution in [-0.2, 0) is 14.3 Å². The topological polar surface area (TPSA) is 91.3 Å². The minimum atomic E-state index is -0.529. The first kappa shape index (κ1) is 22.4. The summed E-state index contributed by atoms with van der Waals surface area (Å²) in [5.74, 6) is 0.476. The molecule has 0 aliphatic carbocycles. The van der Waals surface area contributed by atoms with Crippen LogP contribution in [0.5, 0.6) is 11.5 Å². The Kier molecular flexibility index (Phi) is 5.27. The molecule has 4 heterocycles. The standard InChI is InChI=1S/C27H31N3O5/c1-27(2)17-13-20-22(34-25(17)16-7-5-10-21(31)26(16)35-27)11-6-12-29(20)15-24(33)30-14-23(32)28-18-8-3-4-9-19(18)30/h3-5,7-10,17,20,22,25,31H,6,11-15H2,1-2H3,(H,28,32)/t17-,20-,22-,25+/m1/s1. The lowest BCUT2D eigenvalue weighted by Gasteiger charge is -2.54. The average molecular weight is 478 g/mol. The number of para-hydroxylation sites is 3. The van der Waals surface area contributed by atoms with Crippen LogP contribution in [0.3, 0.4) is 0 Å². The maximum absolute atomic E-state index is 13.5. The number of hydrogen-bond acceptors (Lipinski definition) is 6. The van der Waals surface area contributed by atoms with E-state index < -0.39 is 5.60 Å². The van der Waals surface area contributed by atoms with E-state index in [1.165, 1.54) is 0 Å². The molecule has 0 saturated carbocycles. The molecule has 0 aromatic heterocycles. The van der Waals surface area contributed by atoms with Crippen LogP contribution in [-0.4, -0.2) is 59.2 Å². The molecule has 8 nitrogen and oxygen atoms in total. The van der Waals surface area contributed by atoms with Crippen molar-refractivity contribution in [3.63, 3.8) is 0 Å². The lowest BCUT2D eigenvalue weighted by molar-refractivity contribution is -0.189. The molecule has 35 heavy (non-hydrogen) atoms. The fourth-order valence-corrected chi connectivity index (χ4v) is 6.28. The van der Waals surface area contributed by atoms with Crippen molar-refractivity contribution in [1.29, 1.82) is 0 Å². The second-order valence-corrected chi connectivity index (χ2v) is 10.6. The molecule has 0 radical (unpaired) electrons. The van der Waals surface area contributed by atoms with Crippen molar-refractivity contribution in [1.82, 2.24) is 4.90 Å².